The normalized spacial score (nSPS) is 12.4. The van der Waals surface area contributed by atoms with E-state index in [1.54, 1.807) is 31.4 Å². The van der Waals surface area contributed by atoms with Crippen LogP contribution in [0.4, 0.5) is 10.2 Å². The van der Waals surface area contributed by atoms with Gasteiger partial charge in [0, 0.05) is 21.8 Å². The van der Waals surface area contributed by atoms with E-state index in [4.69, 9.17) is 5.73 Å². The number of nitrogens with zero attached hydrogens (tertiary/aromatic N) is 1. The van der Waals surface area contributed by atoms with E-state index < -0.39 is 0 Å². The van der Waals surface area contributed by atoms with Gasteiger partial charge < -0.3 is 11.1 Å². The molecule has 18 heavy (non-hydrogen) atoms. The summed E-state index contributed by atoms with van der Waals surface area (Å²) >= 11 is 3.34. The zero-order valence-electron chi connectivity index (χ0n) is 9.82. The first-order valence-corrected chi connectivity index (χ1v) is 6.25. The third-order valence-corrected chi connectivity index (χ3v) is 3.23. The van der Waals surface area contributed by atoms with Crippen molar-refractivity contribution in [3.05, 3.63) is 57.9 Å². The van der Waals surface area contributed by atoms with E-state index in [1.807, 2.05) is 6.07 Å². The molecule has 5 heteroatoms. The number of halogens is 2. The van der Waals surface area contributed by atoms with Gasteiger partial charge in [0.15, 0.2) is 0 Å². The summed E-state index contributed by atoms with van der Waals surface area (Å²) < 4.78 is 14.7. The Hall–Kier alpha value is -1.46. The zero-order valence-corrected chi connectivity index (χ0v) is 11.4. The quantitative estimate of drug-likeness (QED) is 0.916. The smallest absolute Gasteiger partial charge is 0.128 e. The van der Waals surface area contributed by atoms with Crippen molar-refractivity contribution in [3.63, 3.8) is 0 Å². The fourth-order valence-electron chi connectivity index (χ4n) is 1.89. The maximum Gasteiger partial charge on any atom is 0.128 e. The van der Waals surface area contributed by atoms with E-state index in [2.05, 4.69) is 26.2 Å². The first-order valence-electron chi connectivity index (χ1n) is 5.46. The van der Waals surface area contributed by atoms with Gasteiger partial charge in [-0.2, -0.15) is 0 Å². The van der Waals surface area contributed by atoms with Crippen molar-refractivity contribution in [2.24, 2.45) is 0 Å². The Bertz CT molecular complexity index is 560. The Labute approximate surface area is 113 Å². The number of nitrogens with one attached hydrogen (secondary N) is 1. The second-order valence-electron chi connectivity index (χ2n) is 3.87. The molecule has 94 valence electrons. The molecule has 2 rings (SSSR count). The molecule has 0 amide bonds. The Balaban J connectivity index is 2.52. The number of benzene rings is 1. The minimum Gasteiger partial charge on any atom is -0.383 e. The van der Waals surface area contributed by atoms with Crippen molar-refractivity contribution in [2.75, 3.05) is 12.8 Å². The molecular formula is C13H13BrFN3. The van der Waals surface area contributed by atoms with Gasteiger partial charge in [-0.3, -0.25) is 0 Å². The van der Waals surface area contributed by atoms with E-state index in [0.29, 0.717) is 11.4 Å². The molecule has 0 aliphatic carbocycles. The number of anilines is 1. The number of hydrogen-bond acceptors (Lipinski definition) is 3. The molecule has 3 N–H and O–H groups in total. The molecule has 0 spiro atoms. The zero-order chi connectivity index (χ0) is 13.1. The summed E-state index contributed by atoms with van der Waals surface area (Å²) in [6, 6.07) is 8.13. The number of nitrogen functional groups attached to an aromatic ring is 1. The Kier molecular flexibility index (Phi) is 3.93. The van der Waals surface area contributed by atoms with Gasteiger partial charge in [-0.15, -0.1) is 0 Å². The van der Waals surface area contributed by atoms with Gasteiger partial charge in [-0.05, 0) is 31.3 Å². The summed E-state index contributed by atoms with van der Waals surface area (Å²) in [7, 11) is 1.76. The topological polar surface area (TPSA) is 50.9 Å². The molecule has 0 saturated carbocycles. The van der Waals surface area contributed by atoms with E-state index >= 15 is 0 Å². The highest BCUT2D eigenvalue weighted by Crippen LogP contribution is 2.28. The summed E-state index contributed by atoms with van der Waals surface area (Å²) in [5.74, 6) is 0.122. The second kappa shape index (κ2) is 5.46. The number of aromatic nitrogens is 1. The lowest BCUT2D eigenvalue weighted by Gasteiger charge is -2.19. The fourth-order valence-corrected chi connectivity index (χ4v) is 2.27. The van der Waals surface area contributed by atoms with Gasteiger partial charge in [-0.1, -0.05) is 22.0 Å². The highest BCUT2D eigenvalue weighted by molar-refractivity contribution is 9.10. The summed E-state index contributed by atoms with van der Waals surface area (Å²) in [5, 5.41) is 3.06. The first kappa shape index (κ1) is 13.0. The molecule has 3 nitrogen and oxygen atoms in total. The SMILES string of the molecule is CNC(c1cc(Br)ccc1F)c1cccnc1N. The summed E-state index contributed by atoms with van der Waals surface area (Å²) in [6.07, 6.45) is 1.61. The van der Waals surface area contributed by atoms with Crippen LogP contribution < -0.4 is 11.1 Å². The Morgan fingerprint density at radius 3 is 2.78 bits per heavy atom. The van der Waals surface area contributed by atoms with Crippen molar-refractivity contribution in [2.45, 2.75) is 6.04 Å². The van der Waals surface area contributed by atoms with Crippen LogP contribution in [0.2, 0.25) is 0 Å². The van der Waals surface area contributed by atoms with Crippen LogP contribution in [0, 0.1) is 5.82 Å². The lowest BCUT2D eigenvalue weighted by atomic mass is 9.99. The van der Waals surface area contributed by atoms with Gasteiger partial charge in [0.2, 0.25) is 0 Å². The van der Waals surface area contributed by atoms with Gasteiger partial charge in [0.05, 0.1) is 6.04 Å². The fraction of sp³-hybridized carbons (Fsp3) is 0.154. The molecule has 0 bridgehead atoms. The van der Waals surface area contributed by atoms with Gasteiger partial charge >= 0.3 is 0 Å². The van der Waals surface area contributed by atoms with Crippen LogP contribution in [-0.4, -0.2) is 12.0 Å². The van der Waals surface area contributed by atoms with Crippen molar-refractivity contribution in [1.29, 1.82) is 0 Å². The van der Waals surface area contributed by atoms with E-state index in [1.165, 1.54) is 6.07 Å². The van der Waals surface area contributed by atoms with Crippen molar-refractivity contribution in [1.82, 2.24) is 10.3 Å². The maximum absolute atomic E-state index is 13.9. The molecule has 2 aromatic rings. The van der Waals surface area contributed by atoms with Crippen molar-refractivity contribution in [3.8, 4) is 0 Å². The maximum atomic E-state index is 13.9. The van der Waals surface area contributed by atoms with Crippen LogP contribution in [0.25, 0.3) is 0 Å². The molecule has 0 fully saturated rings. The lowest BCUT2D eigenvalue weighted by Crippen LogP contribution is -2.20. The van der Waals surface area contributed by atoms with E-state index in [9.17, 15) is 4.39 Å². The third-order valence-electron chi connectivity index (χ3n) is 2.74. The molecule has 0 radical (unpaired) electrons. The standard InChI is InChI=1S/C13H13BrFN3/c1-17-12(9-3-2-6-18-13(9)16)10-7-8(14)4-5-11(10)15/h2-7,12,17H,1H3,(H2,16,18). The Morgan fingerprint density at radius 2 is 2.11 bits per heavy atom. The molecule has 0 aliphatic rings. The van der Waals surface area contributed by atoms with Crippen LogP contribution >= 0.6 is 15.9 Å². The molecule has 1 aromatic heterocycles. The van der Waals surface area contributed by atoms with Crippen LogP contribution in [0.5, 0.6) is 0 Å². The van der Waals surface area contributed by atoms with Crippen LogP contribution in [-0.2, 0) is 0 Å². The molecule has 0 saturated heterocycles. The van der Waals surface area contributed by atoms with E-state index in [0.717, 1.165) is 10.0 Å². The average Bonchev–Trinajstić information content (AvgIpc) is 2.36. The minimum atomic E-state index is -0.323. The minimum absolute atomic E-state index is 0.277. The highest BCUT2D eigenvalue weighted by Gasteiger charge is 2.18. The van der Waals surface area contributed by atoms with Gasteiger partial charge in [0.1, 0.15) is 11.6 Å². The van der Waals surface area contributed by atoms with Crippen LogP contribution in [0.15, 0.2) is 41.0 Å². The second-order valence-corrected chi connectivity index (χ2v) is 4.78. The van der Waals surface area contributed by atoms with Crippen molar-refractivity contribution >= 4 is 21.7 Å². The number of hydrogen-bond donors (Lipinski definition) is 2. The van der Waals surface area contributed by atoms with Gasteiger partial charge in [0.25, 0.3) is 0 Å². The summed E-state index contributed by atoms with van der Waals surface area (Å²) in [5.41, 5.74) is 7.13. The predicted octanol–water partition coefficient (Wildman–Crippen LogP) is 2.87. The highest BCUT2D eigenvalue weighted by atomic mass is 79.9. The molecule has 1 heterocycles. The summed E-state index contributed by atoms with van der Waals surface area (Å²) in [4.78, 5) is 4.03. The summed E-state index contributed by atoms with van der Waals surface area (Å²) in [6.45, 7) is 0. The molecule has 1 unspecified atom stereocenters. The van der Waals surface area contributed by atoms with Gasteiger partial charge in [-0.25, -0.2) is 9.37 Å². The molecular weight excluding hydrogens is 297 g/mol. The van der Waals surface area contributed by atoms with Crippen molar-refractivity contribution < 1.29 is 4.39 Å². The van der Waals surface area contributed by atoms with E-state index in [-0.39, 0.29) is 11.9 Å². The number of nitrogens with two attached hydrogens (primary N) is 1. The average molecular weight is 310 g/mol. The predicted molar refractivity (Wildman–Crippen MR) is 73.7 cm³/mol. The monoisotopic (exact) mass is 309 g/mol. The molecule has 1 atom stereocenters. The number of rotatable bonds is 3. The van der Waals surface area contributed by atoms with Crippen LogP contribution in [0.3, 0.4) is 0 Å². The Morgan fingerprint density at radius 1 is 1.33 bits per heavy atom. The molecule has 0 aliphatic heterocycles. The largest absolute Gasteiger partial charge is 0.383 e. The first-order chi connectivity index (χ1) is 8.63. The molecule has 1 aromatic carbocycles. The lowest BCUT2D eigenvalue weighted by molar-refractivity contribution is 0.576. The number of pyridine rings is 1. The third kappa shape index (κ3) is 2.52. The van der Waals surface area contributed by atoms with Crippen LogP contribution in [0.1, 0.15) is 17.2 Å².